The van der Waals surface area contributed by atoms with Gasteiger partial charge in [0.05, 0.1) is 0 Å². The molecule has 0 atom stereocenters. The average molecular weight is 847 g/mol. The van der Waals surface area contributed by atoms with E-state index in [0.29, 0.717) is 0 Å². The predicted octanol–water partition coefficient (Wildman–Crippen LogP) is 10.8. The Kier molecular flexibility index (Phi) is 12.5. The standard InChI is InChI=1S/C27H59Si6.C4H11Si.Pb/c1-28(2,3)25(29(4,5)6)22-19-23(26(30(7,8)9)31(10,11)12)21-24(20-22)27(32(13,14)15)33(16,17)18;1-5(2,3)4;/h19-20,25-27H,1-18H3;1H2,2-4H3;. The summed E-state index contributed by atoms with van der Waals surface area (Å²) in [6.45, 7) is 56.5. The first-order chi connectivity index (χ1) is 16.8. The van der Waals surface area contributed by atoms with E-state index in [0.717, 1.165) is 15.5 Å². The van der Waals surface area contributed by atoms with Gasteiger partial charge in [0.1, 0.15) is 0 Å². The molecule has 0 saturated carbocycles. The second kappa shape index (κ2) is 12.6. The molecular weight excluding hydrogens is 776 g/mol. The Morgan fingerprint density at radius 2 is 0.692 bits per heavy atom. The molecule has 2 radical (unpaired) electrons. The number of rotatable bonds is 12. The van der Waals surface area contributed by atoms with E-state index in [9.17, 15) is 0 Å². The summed E-state index contributed by atoms with van der Waals surface area (Å²) in [5.41, 5.74) is 5.71. The molecule has 0 N–H and O–H groups in total. The van der Waals surface area contributed by atoms with Crippen LogP contribution in [-0.4, -0.2) is 80.8 Å². The Hall–Kier alpha value is 1.66. The first-order valence-electron chi connectivity index (χ1n) is 15.7. The van der Waals surface area contributed by atoms with Crippen LogP contribution < -0.4 is 3.12 Å². The van der Waals surface area contributed by atoms with Gasteiger partial charge >= 0.3 is 269 Å². The molecule has 1 aromatic rings. The first kappa shape index (κ1) is 38.7. The molecule has 0 saturated heterocycles. The fourth-order valence-corrected chi connectivity index (χ4v) is 61.3. The van der Waals surface area contributed by atoms with E-state index in [4.69, 9.17) is 0 Å². The van der Waals surface area contributed by atoms with Crippen molar-refractivity contribution in [2.24, 2.45) is 0 Å². The molecule has 0 unspecified atom stereocenters. The number of hydrogen-bond donors (Lipinski definition) is 0. The van der Waals surface area contributed by atoms with Crippen molar-refractivity contribution in [3.63, 3.8) is 0 Å². The van der Waals surface area contributed by atoms with Crippen molar-refractivity contribution in [3.8, 4) is 0 Å². The molecule has 0 aliphatic carbocycles. The molecule has 0 aromatic heterocycles. The molecule has 0 aliphatic heterocycles. The molecule has 0 heterocycles. The van der Waals surface area contributed by atoms with Crippen LogP contribution in [0.4, 0.5) is 0 Å². The molecule has 1 aromatic carbocycles. The van der Waals surface area contributed by atoms with E-state index in [1.807, 2.05) is 16.7 Å². The maximum absolute atomic E-state index is 2.93. The van der Waals surface area contributed by atoms with Gasteiger partial charge in [0.25, 0.3) is 0 Å². The summed E-state index contributed by atoms with van der Waals surface area (Å²) in [5, 5.41) is 2.55. The van der Waals surface area contributed by atoms with Gasteiger partial charge in [0.15, 0.2) is 0 Å². The van der Waals surface area contributed by atoms with E-state index in [1.54, 1.807) is 3.60 Å². The molecule has 0 fully saturated rings. The van der Waals surface area contributed by atoms with Gasteiger partial charge in [0.2, 0.25) is 0 Å². The van der Waals surface area contributed by atoms with Gasteiger partial charge in [-0.3, -0.25) is 0 Å². The number of benzene rings is 1. The van der Waals surface area contributed by atoms with Crippen LogP contribution in [0.1, 0.15) is 32.2 Å². The molecule has 0 bridgehead atoms. The minimum absolute atomic E-state index is 0.828. The molecule has 0 nitrogen and oxygen atoms in total. The van der Waals surface area contributed by atoms with Gasteiger partial charge in [-0.25, -0.2) is 0 Å². The van der Waals surface area contributed by atoms with Crippen LogP contribution in [0, 0.1) is 0 Å². The van der Waals surface area contributed by atoms with Gasteiger partial charge < -0.3 is 0 Å². The van der Waals surface area contributed by atoms with Gasteiger partial charge in [-0.2, -0.15) is 0 Å². The summed E-state index contributed by atoms with van der Waals surface area (Å²) in [7, 11) is -9.56. The van der Waals surface area contributed by atoms with Crippen LogP contribution in [0.25, 0.3) is 0 Å². The van der Waals surface area contributed by atoms with Crippen molar-refractivity contribution in [1.82, 2.24) is 0 Å². The Balaban J connectivity index is 4.54. The van der Waals surface area contributed by atoms with E-state index in [1.165, 1.54) is 0 Å². The zero-order valence-corrected chi connectivity index (χ0v) is 41.5. The molecule has 0 aliphatic rings. The van der Waals surface area contributed by atoms with Crippen molar-refractivity contribution in [2.75, 3.05) is 0 Å². The molecule has 226 valence electrons. The van der Waals surface area contributed by atoms with Crippen molar-refractivity contribution in [2.45, 2.75) is 157 Å². The van der Waals surface area contributed by atoms with E-state index < -0.39 is 80.8 Å². The molecule has 39 heavy (non-hydrogen) atoms. The average Bonchev–Trinajstić information content (AvgIpc) is 2.51. The fourth-order valence-electron chi connectivity index (χ4n) is 8.65. The quantitative estimate of drug-likeness (QED) is 0.184. The molecular formula is C31H70PbSi7. The monoisotopic (exact) mass is 846 g/mol. The van der Waals surface area contributed by atoms with Crippen LogP contribution in [0.3, 0.4) is 0 Å². The summed E-state index contributed by atoms with van der Waals surface area (Å²) in [6, 6.07) is 5.87. The Bertz CT molecular complexity index is 875. The Labute approximate surface area is 267 Å². The van der Waals surface area contributed by atoms with Gasteiger partial charge in [-0.15, -0.1) is 0 Å². The van der Waals surface area contributed by atoms with Crippen LogP contribution in [0.2, 0.25) is 141 Å². The Morgan fingerprint density at radius 3 is 0.897 bits per heavy atom. The molecule has 1 rings (SSSR count). The van der Waals surface area contributed by atoms with Crippen molar-refractivity contribution in [3.05, 3.63) is 28.8 Å². The third-order valence-corrected chi connectivity index (χ3v) is 55.3. The summed E-state index contributed by atoms with van der Waals surface area (Å²) >= 11 is -0.986. The van der Waals surface area contributed by atoms with E-state index in [-0.39, 0.29) is 0 Å². The van der Waals surface area contributed by atoms with Crippen LogP contribution in [-0.2, 0) is 0 Å². The third kappa shape index (κ3) is 11.0. The van der Waals surface area contributed by atoms with Crippen LogP contribution >= 0.6 is 0 Å². The van der Waals surface area contributed by atoms with Crippen molar-refractivity contribution < 1.29 is 0 Å². The van der Waals surface area contributed by atoms with Crippen LogP contribution in [0.5, 0.6) is 0 Å². The zero-order chi connectivity index (χ0) is 31.4. The molecule has 8 heteroatoms. The summed E-state index contributed by atoms with van der Waals surface area (Å²) < 4.78 is 3.67. The summed E-state index contributed by atoms with van der Waals surface area (Å²) in [4.78, 5) is 0. The second-order valence-corrected chi connectivity index (χ2v) is 67.0. The SMILES string of the molecule is C[Si](C)(C)[CH2][Pb][c]1c(C([Si](C)(C)C)[Si](C)(C)C)cc(C([Si](C)(C)C)[Si](C)(C)C)cc1C([Si](C)(C)C)[Si](C)(C)C. The second-order valence-electron chi connectivity index (χ2n) is 20.5. The fraction of sp³-hybridized carbons (Fsp3) is 0.806. The Morgan fingerprint density at radius 1 is 0.436 bits per heavy atom. The van der Waals surface area contributed by atoms with Crippen molar-refractivity contribution in [1.29, 1.82) is 0 Å². The van der Waals surface area contributed by atoms with Gasteiger partial charge in [-0.1, -0.05) is 0 Å². The third-order valence-electron chi connectivity index (χ3n) is 8.17. The normalized spacial score (nSPS) is 15.2. The topological polar surface area (TPSA) is 0 Å². The zero-order valence-electron chi connectivity index (χ0n) is 30.6. The maximum atomic E-state index is 2.93. The molecule has 0 amide bonds. The molecule has 0 spiro atoms. The van der Waals surface area contributed by atoms with E-state index in [2.05, 4.69) is 153 Å². The first-order valence-corrected chi connectivity index (χ1v) is 45.6. The van der Waals surface area contributed by atoms with Crippen molar-refractivity contribution >= 4 is 83.9 Å². The van der Waals surface area contributed by atoms with Crippen LogP contribution in [0.15, 0.2) is 12.1 Å². The number of hydrogen-bond acceptors (Lipinski definition) is 0. The summed E-state index contributed by atoms with van der Waals surface area (Å²) in [5.74, 6) is 0. The predicted molar refractivity (Wildman–Crippen MR) is 208 cm³/mol. The minimum atomic E-state index is -1.42. The summed E-state index contributed by atoms with van der Waals surface area (Å²) in [6.07, 6.45) is 0. The van der Waals surface area contributed by atoms with E-state index >= 15 is 0 Å². The van der Waals surface area contributed by atoms with Gasteiger partial charge in [0, 0.05) is 0 Å². The van der Waals surface area contributed by atoms with Gasteiger partial charge in [-0.05, 0) is 0 Å².